The molecule has 1 saturated heterocycles. The van der Waals surface area contributed by atoms with Gasteiger partial charge in [0.05, 0.1) is 12.2 Å². The summed E-state index contributed by atoms with van der Waals surface area (Å²) in [7, 11) is 2.05. The number of unbranched alkanes of at least 4 members (excludes halogenated alkanes) is 13. The minimum atomic E-state index is -0.879. The average Bonchev–Trinajstić information content (AvgIpc) is 3.33. The van der Waals surface area contributed by atoms with E-state index in [1.807, 2.05) is 13.8 Å². The first-order valence-corrected chi connectivity index (χ1v) is 14.7. The Labute approximate surface area is 247 Å². The van der Waals surface area contributed by atoms with E-state index in [-0.39, 0.29) is 20.1 Å². The molecule has 0 spiro atoms. The van der Waals surface area contributed by atoms with Crippen LogP contribution in [0.2, 0.25) is 0 Å². The quantitative estimate of drug-likeness (QED) is 0.0727. The normalized spacial score (nSPS) is 14.0. The van der Waals surface area contributed by atoms with Gasteiger partial charge in [0.1, 0.15) is 6.29 Å². The molecule has 1 aliphatic rings. The number of likely N-dealkylation sites (tertiary alicyclic amines) is 1. The number of aldehydes is 1. The number of carbonyl (C=O) groups is 2. The molecule has 1 unspecified atom stereocenters. The zero-order valence-electron chi connectivity index (χ0n) is 24.7. The van der Waals surface area contributed by atoms with Crippen molar-refractivity contribution >= 4 is 12.3 Å². The van der Waals surface area contributed by atoms with Crippen LogP contribution in [0.4, 0.5) is 0 Å². The topological polar surface area (TPSA) is 87.1 Å². The van der Waals surface area contributed by atoms with Crippen molar-refractivity contribution in [3.8, 4) is 0 Å². The Kier molecular flexibility index (Phi) is 36.9. The number of nitrogens with zero attached hydrogens (tertiary/aromatic N) is 1. The third kappa shape index (κ3) is 27.9. The fraction of sp³-hybridized carbons (Fsp3) is 0.742. The number of likely N-dealkylation sites (N-methyl/N-ethyl adjacent to an activating group) is 1. The van der Waals surface area contributed by atoms with Crippen LogP contribution in [0.3, 0.4) is 0 Å². The van der Waals surface area contributed by atoms with Crippen LogP contribution >= 0.6 is 0 Å². The molecule has 1 aromatic rings. The van der Waals surface area contributed by atoms with Crippen LogP contribution in [0.1, 0.15) is 134 Å². The third-order valence-electron chi connectivity index (χ3n) is 6.38. The monoisotopic (exact) mass is 716 g/mol. The molecule has 0 aromatic heterocycles. The number of aromatic carboxylic acids is 1. The van der Waals surface area contributed by atoms with Crippen LogP contribution in [0.15, 0.2) is 30.3 Å². The summed E-state index contributed by atoms with van der Waals surface area (Å²) >= 11 is 0. The Bertz CT molecular complexity index is 603. The molecule has 1 fully saturated rings. The summed E-state index contributed by atoms with van der Waals surface area (Å²) in [4.78, 5) is 26.6. The second-order valence-electron chi connectivity index (χ2n) is 9.44. The molecule has 225 valence electrons. The number of hydrogen-bond acceptors (Lipinski definition) is 5. The van der Waals surface area contributed by atoms with Crippen molar-refractivity contribution in [3.05, 3.63) is 35.9 Å². The summed E-state index contributed by atoms with van der Waals surface area (Å²) in [5.74, 6) is -0.879. The van der Waals surface area contributed by atoms with Crippen LogP contribution in [-0.2, 0) is 29.8 Å². The van der Waals surface area contributed by atoms with Gasteiger partial charge in [-0.15, -0.1) is 0 Å². The molecular formula is C31H57IrNO5. The number of carbonyl (C=O) groups excluding carboxylic acids is 1. The van der Waals surface area contributed by atoms with Gasteiger partial charge in [-0.2, -0.15) is 0 Å². The van der Waals surface area contributed by atoms with Crippen LogP contribution in [-0.4, -0.2) is 53.8 Å². The van der Waals surface area contributed by atoms with E-state index in [1.165, 1.54) is 83.5 Å². The summed E-state index contributed by atoms with van der Waals surface area (Å²) in [6.07, 6.45) is 22.0. The maximum Gasteiger partial charge on any atom is 0.335 e. The van der Waals surface area contributed by atoms with Gasteiger partial charge < -0.3 is 14.8 Å². The maximum absolute atomic E-state index is 10.2. The van der Waals surface area contributed by atoms with E-state index in [2.05, 4.69) is 23.8 Å². The Morgan fingerprint density at radius 1 is 0.921 bits per heavy atom. The van der Waals surface area contributed by atoms with E-state index in [0.29, 0.717) is 18.2 Å². The molecular weight excluding hydrogens is 659 g/mol. The molecule has 0 amide bonds. The van der Waals surface area contributed by atoms with Crippen molar-refractivity contribution in [2.75, 3.05) is 20.2 Å². The van der Waals surface area contributed by atoms with Crippen molar-refractivity contribution in [3.63, 3.8) is 0 Å². The molecule has 1 aromatic carbocycles. The predicted molar refractivity (Wildman–Crippen MR) is 155 cm³/mol. The smallest absolute Gasteiger partial charge is 0.335 e. The van der Waals surface area contributed by atoms with E-state index in [4.69, 9.17) is 10.4 Å². The van der Waals surface area contributed by atoms with Crippen molar-refractivity contribution in [1.29, 1.82) is 0 Å². The molecule has 7 heteroatoms. The van der Waals surface area contributed by atoms with Gasteiger partial charge in [0.25, 0.3) is 0 Å². The van der Waals surface area contributed by atoms with Crippen molar-refractivity contribution in [2.45, 2.75) is 130 Å². The Hall–Kier alpha value is -1.11. The van der Waals surface area contributed by atoms with Crippen molar-refractivity contribution < 1.29 is 44.9 Å². The minimum Gasteiger partial charge on any atom is -0.478 e. The van der Waals surface area contributed by atoms with Gasteiger partial charge in [0.15, 0.2) is 0 Å². The van der Waals surface area contributed by atoms with E-state index in [9.17, 15) is 9.59 Å². The predicted octanol–water partition coefficient (Wildman–Crippen LogP) is 8.65. The fourth-order valence-corrected chi connectivity index (χ4v) is 4.10. The van der Waals surface area contributed by atoms with E-state index < -0.39 is 5.97 Å². The molecule has 0 bridgehead atoms. The largest absolute Gasteiger partial charge is 0.478 e. The summed E-state index contributed by atoms with van der Waals surface area (Å²) in [5.41, 5.74) is 0.331. The molecule has 1 atom stereocenters. The van der Waals surface area contributed by atoms with E-state index in [1.54, 1.807) is 30.3 Å². The number of benzene rings is 1. The van der Waals surface area contributed by atoms with Gasteiger partial charge >= 0.3 is 5.97 Å². The average molecular weight is 716 g/mol. The summed E-state index contributed by atoms with van der Waals surface area (Å²) in [6.45, 7) is 7.86. The van der Waals surface area contributed by atoms with Gasteiger partial charge in [0.2, 0.25) is 0 Å². The Morgan fingerprint density at radius 3 is 1.74 bits per heavy atom. The Balaban J connectivity index is -0.000000494. The van der Waals surface area contributed by atoms with Crippen LogP contribution < -0.4 is 0 Å². The molecule has 0 saturated carbocycles. The zero-order valence-corrected chi connectivity index (χ0v) is 27.1. The van der Waals surface area contributed by atoms with Gasteiger partial charge in [-0.3, -0.25) is 5.26 Å². The standard InChI is InChI=1S/C16H32O.C7H6O2.C6H13NO2.C2H6.Ir/c1-2-3-4-5-6-7-8-9-10-11-12-13-14-15-16-17;8-7(9)6-4-2-1-3-5-6;1-7-4-2-3-6(7)5-9-8;1-2;/h16H,2-15H2,1H3;1-5H,(H,8,9);6,8H,2-5H2,1H3;1-2H3;. The molecule has 1 radical (unpaired) electrons. The second kappa shape index (κ2) is 33.9. The van der Waals surface area contributed by atoms with Crippen LogP contribution in [0.5, 0.6) is 0 Å². The van der Waals surface area contributed by atoms with E-state index >= 15 is 0 Å². The summed E-state index contributed by atoms with van der Waals surface area (Å²) in [6, 6.07) is 8.74. The molecule has 1 aliphatic heterocycles. The Morgan fingerprint density at radius 2 is 1.39 bits per heavy atom. The second-order valence-corrected chi connectivity index (χ2v) is 9.44. The fourth-order valence-electron chi connectivity index (χ4n) is 4.10. The molecule has 6 nitrogen and oxygen atoms in total. The SMILES string of the molecule is CC.CCCCCCCCCCCCCCCC=O.CN1CCCC1COO.O=C(O)c1ccccc1.[Ir]. The van der Waals surface area contributed by atoms with Crippen LogP contribution in [0, 0.1) is 0 Å². The van der Waals surface area contributed by atoms with Gasteiger partial charge in [0, 0.05) is 32.6 Å². The minimum absolute atomic E-state index is 0. The molecule has 1 heterocycles. The van der Waals surface area contributed by atoms with Crippen LogP contribution in [0.25, 0.3) is 0 Å². The van der Waals surface area contributed by atoms with Crippen molar-refractivity contribution in [2.24, 2.45) is 0 Å². The molecule has 2 rings (SSSR count). The maximum atomic E-state index is 10.2. The zero-order chi connectivity index (χ0) is 28.0. The number of rotatable bonds is 17. The van der Waals surface area contributed by atoms with Gasteiger partial charge in [-0.05, 0) is 45.0 Å². The van der Waals surface area contributed by atoms with Gasteiger partial charge in [-0.1, -0.05) is 116 Å². The third-order valence-corrected chi connectivity index (χ3v) is 6.38. The first kappa shape index (κ1) is 41.4. The molecule has 2 N–H and O–H groups in total. The first-order chi connectivity index (χ1) is 18.1. The number of carboxylic acid groups (broad SMARTS) is 1. The van der Waals surface area contributed by atoms with Crippen molar-refractivity contribution in [1.82, 2.24) is 4.90 Å². The van der Waals surface area contributed by atoms with E-state index in [0.717, 1.165) is 32.1 Å². The molecule has 38 heavy (non-hydrogen) atoms. The van der Waals surface area contributed by atoms with Gasteiger partial charge in [-0.25, -0.2) is 9.68 Å². The summed E-state index contributed by atoms with van der Waals surface area (Å²) < 4.78 is 0. The summed E-state index contributed by atoms with van der Waals surface area (Å²) in [5, 5.41) is 16.5. The molecule has 0 aliphatic carbocycles. The first-order valence-electron chi connectivity index (χ1n) is 14.7. The number of carboxylic acids is 1. The number of hydrogen-bond donors (Lipinski definition) is 2.